The van der Waals surface area contributed by atoms with Gasteiger partial charge in [0, 0.05) is 22.2 Å². The van der Waals surface area contributed by atoms with Gasteiger partial charge < -0.3 is 10.8 Å². The van der Waals surface area contributed by atoms with E-state index in [0.717, 1.165) is 19.1 Å². The summed E-state index contributed by atoms with van der Waals surface area (Å²) >= 11 is 6.70. The molecular weight excluding hydrogens is 318 g/mol. The van der Waals surface area contributed by atoms with Gasteiger partial charge in [-0.1, -0.05) is 6.07 Å². The minimum absolute atomic E-state index is 0.0139. The summed E-state index contributed by atoms with van der Waals surface area (Å²) in [5.74, 6) is -0.0139. The Morgan fingerprint density at radius 2 is 2.24 bits per heavy atom. The van der Waals surface area contributed by atoms with Crippen LogP contribution in [0.2, 0.25) is 0 Å². The predicted molar refractivity (Wildman–Crippen MR) is 77.8 cm³/mol. The standard InChI is InChI=1S/C12H14BrNOS2/c1-7-5-10(17-12(7)13)11(15)8(6-14)9-3-2-4-16-9/h2-5,8,11,15H,6,14H2,1H3. The predicted octanol–water partition coefficient (Wildman–Crippen LogP) is 3.66. The molecule has 3 N–H and O–H groups in total. The zero-order valence-corrected chi connectivity index (χ0v) is 12.6. The Bertz CT molecular complexity index is 461. The number of thiophene rings is 2. The lowest BCUT2D eigenvalue weighted by Crippen LogP contribution is -2.18. The molecule has 2 heterocycles. The maximum atomic E-state index is 10.4. The third-order valence-corrected chi connectivity index (χ3v) is 5.92. The van der Waals surface area contributed by atoms with Crippen molar-refractivity contribution in [2.75, 3.05) is 6.54 Å². The molecule has 0 bridgehead atoms. The summed E-state index contributed by atoms with van der Waals surface area (Å²) in [6, 6.07) is 6.04. The molecule has 0 aliphatic carbocycles. The molecule has 0 aliphatic heterocycles. The molecule has 0 amide bonds. The van der Waals surface area contributed by atoms with Crippen molar-refractivity contribution in [3.05, 3.63) is 42.7 Å². The van der Waals surface area contributed by atoms with Gasteiger partial charge in [-0.2, -0.15) is 0 Å². The topological polar surface area (TPSA) is 46.2 Å². The van der Waals surface area contributed by atoms with Crippen LogP contribution in [0.3, 0.4) is 0 Å². The number of hydrogen-bond acceptors (Lipinski definition) is 4. The van der Waals surface area contributed by atoms with Crippen LogP contribution >= 0.6 is 38.6 Å². The fraction of sp³-hybridized carbons (Fsp3) is 0.333. The highest BCUT2D eigenvalue weighted by Gasteiger charge is 2.24. The van der Waals surface area contributed by atoms with Gasteiger partial charge in [0.15, 0.2) is 0 Å². The summed E-state index contributed by atoms with van der Waals surface area (Å²) in [5, 5.41) is 12.4. The van der Waals surface area contributed by atoms with Crippen LogP contribution in [-0.4, -0.2) is 11.7 Å². The molecule has 0 saturated heterocycles. The first-order valence-corrected chi connectivity index (χ1v) is 7.79. The van der Waals surface area contributed by atoms with E-state index in [2.05, 4.69) is 15.9 Å². The van der Waals surface area contributed by atoms with Gasteiger partial charge in [-0.25, -0.2) is 0 Å². The summed E-state index contributed by atoms with van der Waals surface area (Å²) in [6.45, 7) is 2.48. The van der Waals surface area contributed by atoms with E-state index in [4.69, 9.17) is 5.73 Å². The van der Waals surface area contributed by atoms with Gasteiger partial charge in [-0.05, 0) is 45.9 Å². The first-order chi connectivity index (χ1) is 8.13. The van der Waals surface area contributed by atoms with Crippen molar-refractivity contribution < 1.29 is 5.11 Å². The van der Waals surface area contributed by atoms with Crippen molar-refractivity contribution in [3.63, 3.8) is 0 Å². The van der Waals surface area contributed by atoms with Gasteiger partial charge in [0.25, 0.3) is 0 Å². The van der Waals surface area contributed by atoms with E-state index in [9.17, 15) is 5.11 Å². The largest absolute Gasteiger partial charge is 0.387 e. The maximum Gasteiger partial charge on any atom is 0.0970 e. The summed E-state index contributed by atoms with van der Waals surface area (Å²) < 4.78 is 1.08. The van der Waals surface area contributed by atoms with Crippen LogP contribution in [0.25, 0.3) is 0 Å². The number of aliphatic hydroxyl groups is 1. The molecule has 0 spiro atoms. The van der Waals surface area contributed by atoms with Gasteiger partial charge in [-0.15, -0.1) is 22.7 Å². The second-order valence-corrected chi connectivity index (χ2v) is 7.29. The van der Waals surface area contributed by atoms with E-state index < -0.39 is 6.10 Å². The van der Waals surface area contributed by atoms with E-state index in [1.54, 1.807) is 22.7 Å². The number of aliphatic hydroxyl groups excluding tert-OH is 1. The Morgan fingerprint density at radius 3 is 2.71 bits per heavy atom. The summed E-state index contributed by atoms with van der Waals surface area (Å²) in [6.07, 6.45) is -0.520. The van der Waals surface area contributed by atoms with Crippen molar-refractivity contribution in [1.29, 1.82) is 0 Å². The van der Waals surface area contributed by atoms with Gasteiger partial charge in [0.1, 0.15) is 0 Å². The third-order valence-electron chi connectivity index (χ3n) is 2.71. The van der Waals surface area contributed by atoms with E-state index in [1.807, 2.05) is 30.5 Å². The highest BCUT2D eigenvalue weighted by Crippen LogP contribution is 2.38. The monoisotopic (exact) mass is 331 g/mol. The van der Waals surface area contributed by atoms with Gasteiger partial charge in [0.2, 0.25) is 0 Å². The lowest BCUT2D eigenvalue weighted by atomic mass is 9.99. The highest BCUT2D eigenvalue weighted by molar-refractivity contribution is 9.11. The van der Waals surface area contributed by atoms with Crippen LogP contribution in [-0.2, 0) is 0 Å². The molecular formula is C12H14BrNOS2. The molecule has 0 saturated carbocycles. The average Bonchev–Trinajstić information content (AvgIpc) is 2.91. The number of aryl methyl sites for hydroxylation is 1. The molecule has 92 valence electrons. The second-order valence-electron chi connectivity index (χ2n) is 3.91. The Labute approximate surface area is 117 Å². The first-order valence-electron chi connectivity index (χ1n) is 5.31. The molecule has 0 aromatic carbocycles. The van der Waals surface area contributed by atoms with Crippen LogP contribution in [0.4, 0.5) is 0 Å². The Hall–Kier alpha value is -0.200. The Kier molecular flexibility index (Phi) is 4.38. The molecule has 2 atom stereocenters. The van der Waals surface area contributed by atoms with Gasteiger partial charge in [-0.3, -0.25) is 0 Å². The van der Waals surface area contributed by atoms with Crippen molar-refractivity contribution in [2.24, 2.45) is 5.73 Å². The number of halogens is 1. The normalized spacial score (nSPS) is 14.8. The minimum Gasteiger partial charge on any atom is -0.387 e. The van der Waals surface area contributed by atoms with E-state index >= 15 is 0 Å². The fourth-order valence-electron chi connectivity index (χ4n) is 1.73. The van der Waals surface area contributed by atoms with Crippen molar-refractivity contribution in [1.82, 2.24) is 0 Å². The number of hydrogen-bond donors (Lipinski definition) is 2. The summed E-state index contributed by atoms with van der Waals surface area (Å²) in [7, 11) is 0. The molecule has 2 rings (SSSR count). The lowest BCUT2D eigenvalue weighted by molar-refractivity contribution is 0.152. The Balaban J connectivity index is 2.26. The molecule has 2 aromatic heterocycles. The Morgan fingerprint density at radius 1 is 1.47 bits per heavy atom. The molecule has 0 fully saturated rings. The molecule has 17 heavy (non-hydrogen) atoms. The molecule has 2 unspecified atom stereocenters. The molecule has 2 aromatic rings. The quantitative estimate of drug-likeness (QED) is 0.898. The smallest absolute Gasteiger partial charge is 0.0970 e. The van der Waals surface area contributed by atoms with E-state index in [-0.39, 0.29) is 5.92 Å². The molecule has 5 heteroatoms. The molecule has 0 radical (unpaired) electrons. The second kappa shape index (κ2) is 5.63. The average molecular weight is 332 g/mol. The van der Waals surface area contributed by atoms with Crippen LogP contribution in [0.5, 0.6) is 0 Å². The van der Waals surface area contributed by atoms with E-state index in [1.165, 1.54) is 0 Å². The van der Waals surface area contributed by atoms with Gasteiger partial charge >= 0.3 is 0 Å². The van der Waals surface area contributed by atoms with Gasteiger partial charge in [0.05, 0.1) is 9.89 Å². The maximum absolute atomic E-state index is 10.4. The SMILES string of the molecule is Cc1cc(C(O)C(CN)c2cccs2)sc1Br. The molecule has 2 nitrogen and oxygen atoms in total. The van der Waals surface area contributed by atoms with Crippen molar-refractivity contribution in [3.8, 4) is 0 Å². The minimum atomic E-state index is -0.520. The highest BCUT2D eigenvalue weighted by atomic mass is 79.9. The number of rotatable bonds is 4. The summed E-state index contributed by atoms with van der Waals surface area (Å²) in [5.41, 5.74) is 6.95. The van der Waals surface area contributed by atoms with Crippen LogP contribution in [0.1, 0.15) is 27.3 Å². The van der Waals surface area contributed by atoms with Crippen LogP contribution in [0.15, 0.2) is 27.4 Å². The van der Waals surface area contributed by atoms with Crippen molar-refractivity contribution >= 4 is 38.6 Å². The van der Waals surface area contributed by atoms with Crippen LogP contribution in [0, 0.1) is 6.92 Å². The fourth-order valence-corrected chi connectivity index (χ4v) is 4.22. The zero-order chi connectivity index (χ0) is 12.4. The molecule has 0 aliphatic rings. The number of nitrogens with two attached hydrogens (primary N) is 1. The third kappa shape index (κ3) is 2.80. The first kappa shape index (κ1) is 13.2. The summed E-state index contributed by atoms with van der Waals surface area (Å²) in [4.78, 5) is 2.11. The zero-order valence-electron chi connectivity index (χ0n) is 9.39. The lowest BCUT2D eigenvalue weighted by Gasteiger charge is -2.19. The van der Waals surface area contributed by atoms with E-state index in [0.29, 0.717) is 6.54 Å². The van der Waals surface area contributed by atoms with Crippen LogP contribution < -0.4 is 5.73 Å². The van der Waals surface area contributed by atoms with Crippen molar-refractivity contribution in [2.45, 2.75) is 18.9 Å².